The lowest BCUT2D eigenvalue weighted by Crippen LogP contribution is -2.57. The summed E-state index contributed by atoms with van der Waals surface area (Å²) in [7, 11) is 0. The minimum Gasteiger partial charge on any atom is -0.328 e. The van der Waals surface area contributed by atoms with Crippen molar-refractivity contribution in [3.8, 4) is 0 Å². The molecule has 1 atom stereocenters. The Morgan fingerprint density at radius 2 is 1.65 bits per heavy atom. The number of piperidine rings is 1. The van der Waals surface area contributed by atoms with Crippen LogP contribution in [0.1, 0.15) is 47.5 Å². The number of carbonyl (C=O) groups excluding carboxylic acids is 2. The average Bonchev–Trinajstić information content (AvgIpc) is 2.06. The number of nitrogens with zero attached hydrogens (tertiary/aromatic N) is 1. The molecule has 1 heterocycles. The van der Waals surface area contributed by atoms with Gasteiger partial charge >= 0.3 is 0 Å². The van der Waals surface area contributed by atoms with E-state index < -0.39 is 0 Å². The highest BCUT2D eigenvalue weighted by Crippen LogP contribution is 2.35. The Bertz CT molecular complexity index is 309. The van der Waals surface area contributed by atoms with Crippen molar-refractivity contribution in [3.05, 3.63) is 0 Å². The Labute approximate surface area is 104 Å². The van der Waals surface area contributed by atoms with Crippen molar-refractivity contribution < 1.29 is 9.59 Å². The van der Waals surface area contributed by atoms with Crippen LogP contribution in [0.25, 0.3) is 0 Å². The number of rotatable bonds is 2. The second-order valence-corrected chi connectivity index (χ2v) is 6.79. The molecule has 1 saturated heterocycles. The number of amides is 2. The lowest BCUT2D eigenvalue weighted by molar-refractivity contribution is -0.158. The smallest absolute Gasteiger partial charge is 0.230 e. The predicted octanol–water partition coefficient (Wildman–Crippen LogP) is 1.53. The molecule has 0 spiro atoms. The standard InChI is InChI=1S/C13H24N2O2/c1-12(2,3)9(8-14)15-10(16)6-13(4,5)7-11(15)17/h9H,6-8,14H2,1-5H3. The van der Waals surface area contributed by atoms with Gasteiger partial charge in [-0.15, -0.1) is 0 Å². The molecule has 0 aromatic carbocycles. The fourth-order valence-corrected chi connectivity index (χ4v) is 2.38. The Morgan fingerprint density at radius 3 is 1.94 bits per heavy atom. The molecule has 4 heteroatoms. The molecule has 0 radical (unpaired) electrons. The number of hydrogen-bond donors (Lipinski definition) is 1. The first kappa shape index (κ1) is 14.2. The maximum absolute atomic E-state index is 12.1. The van der Waals surface area contributed by atoms with Gasteiger partial charge in [0.25, 0.3) is 0 Å². The van der Waals surface area contributed by atoms with Gasteiger partial charge in [0.05, 0.1) is 6.04 Å². The zero-order valence-corrected chi connectivity index (χ0v) is 11.5. The summed E-state index contributed by atoms with van der Waals surface area (Å²) < 4.78 is 0. The van der Waals surface area contributed by atoms with Gasteiger partial charge in [-0.2, -0.15) is 0 Å². The van der Waals surface area contributed by atoms with E-state index in [1.54, 1.807) is 0 Å². The second-order valence-electron chi connectivity index (χ2n) is 6.79. The fraction of sp³-hybridized carbons (Fsp3) is 0.846. The van der Waals surface area contributed by atoms with Gasteiger partial charge in [-0.05, 0) is 10.8 Å². The SMILES string of the molecule is CC1(C)CC(=O)N(C(CN)C(C)(C)C)C(=O)C1. The first-order valence-electron chi connectivity index (χ1n) is 6.13. The largest absolute Gasteiger partial charge is 0.328 e. The Balaban J connectivity index is 2.98. The van der Waals surface area contributed by atoms with Crippen molar-refractivity contribution in [1.82, 2.24) is 4.90 Å². The Hall–Kier alpha value is -0.900. The van der Waals surface area contributed by atoms with Gasteiger partial charge in [-0.1, -0.05) is 34.6 Å². The molecule has 0 aromatic heterocycles. The van der Waals surface area contributed by atoms with E-state index >= 15 is 0 Å². The van der Waals surface area contributed by atoms with E-state index in [0.29, 0.717) is 19.4 Å². The monoisotopic (exact) mass is 240 g/mol. The Morgan fingerprint density at radius 1 is 1.24 bits per heavy atom. The maximum Gasteiger partial charge on any atom is 0.230 e. The van der Waals surface area contributed by atoms with Crippen LogP contribution in [0, 0.1) is 10.8 Å². The van der Waals surface area contributed by atoms with Crippen molar-refractivity contribution in [2.45, 2.75) is 53.5 Å². The van der Waals surface area contributed by atoms with Crippen molar-refractivity contribution >= 4 is 11.8 Å². The molecule has 1 aliphatic heterocycles. The normalized spacial score (nSPS) is 22.8. The number of hydrogen-bond acceptors (Lipinski definition) is 3. The van der Waals surface area contributed by atoms with Crippen molar-refractivity contribution in [1.29, 1.82) is 0 Å². The number of nitrogens with two attached hydrogens (primary N) is 1. The van der Waals surface area contributed by atoms with Crippen LogP contribution in [-0.4, -0.2) is 29.3 Å². The van der Waals surface area contributed by atoms with Gasteiger partial charge in [0.1, 0.15) is 0 Å². The van der Waals surface area contributed by atoms with Gasteiger partial charge in [-0.3, -0.25) is 14.5 Å². The quantitative estimate of drug-likeness (QED) is 0.745. The van der Waals surface area contributed by atoms with Crippen LogP contribution in [0.15, 0.2) is 0 Å². The number of likely N-dealkylation sites (tertiary alicyclic amines) is 1. The third kappa shape index (κ3) is 3.06. The molecule has 98 valence electrons. The van der Waals surface area contributed by atoms with Gasteiger partial charge in [0.2, 0.25) is 11.8 Å². The zero-order chi connectivity index (χ0) is 13.4. The molecule has 0 bridgehead atoms. The summed E-state index contributed by atoms with van der Waals surface area (Å²) in [6, 6.07) is -0.210. The number of imide groups is 1. The van der Waals surface area contributed by atoms with E-state index in [0.717, 1.165) is 0 Å². The highest BCUT2D eigenvalue weighted by molar-refractivity contribution is 5.98. The summed E-state index contributed by atoms with van der Waals surface area (Å²) in [5.74, 6) is -0.173. The molecule has 2 N–H and O–H groups in total. The first-order valence-corrected chi connectivity index (χ1v) is 6.13. The summed E-state index contributed by atoms with van der Waals surface area (Å²) in [4.78, 5) is 25.6. The molecule has 1 aliphatic rings. The molecule has 0 saturated carbocycles. The van der Waals surface area contributed by atoms with E-state index in [4.69, 9.17) is 5.73 Å². The van der Waals surface area contributed by atoms with Crippen LogP contribution >= 0.6 is 0 Å². The minimum absolute atomic E-state index is 0.0865. The van der Waals surface area contributed by atoms with E-state index in [-0.39, 0.29) is 28.7 Å². The summed E-state index contributed by atoms with van der Waals surface area (Å²) in [5.41, 5.74) is 5.34. The number of carbonyl (C=O) groups is 2. The average molecular weight is 240 g/mol. The zero-order valence-electron chi connectivity index (χ0n) is 11.5. The molecule has 0 aromatic rings. The highest BCUT2D eigenvalue weighted by Gasteiger charge is 2.43. The van der Waals surface area contributed by atoms with Crippen LogP contribution in [-0.2, 0) is 9.59 Å². The molecule has 17 heavy (non-hydrogen) atoms. The molecular weight excluding hydrogens is 216 g/mol. The topological polar surface area (TPSA) is 63.4 Å². The van der Waals surface area contributed by atoms with Crippen molar-refractivity contribution in [2.75, 3.05) is 6.54 Å². The van der Waals surface area contributed by atoms with Crippen LogP contribution in [0.5, 0.6) is 0 Å². The lowest BCUT2D eigenvalue weighted by Gasteiger charge is -2.43. The molecule has 2 amide bonds. The van der Waals surface area contributed by atoms with E-state index in [2.05, 4.69) is 0 Å². The van der Waals surface area contributed by atoms with E-state index in [1.165, 1.54) is 4.90 Å². The third-order valence-corrected chi connectivity index (χ3v) is 3.33. The Kier molecular flexibility index (Phi) is 3.67. The van der Waals surface area contributed by atoms with Gasteiger partial charge in [0, 0.05) is 19.4 Å². The second kappa shape index (κ2) is 4.41. The minimum atomic E-state index is -0.221. The third-order valence-electron chi connectivity index (χ3n) is 3.33. The summed E-state index contributed by atoms with van der Waals surface area (Å²) >= 11 is 0. The maximum atomic E-state index is 12.1. The van der Waals surface area contributed by atoms with E-state index in [9.17, 15) is 9.59 Å². The fourth-order valence-electron chi connectivity index (χ4n) is 2.38. The van der Waals surface area contributed by atoms with Crippen LogP contribution in [0.2, 0.25) is 0 Å². The van der Waals surface area contributed by atoms with Gasteiger partial charge in [0.15, 0.2) is 0 Å². The molecule has 1 fully saturated rings. The highest BCUT2D eigenvalue weighted by atomic mass is 16.2. The van der Waals surface area contributed by atoms with Crippen LogP contribution in [0.3, 0.4) is 0 Å². The molecule has 1 unspecified atom stereocenters. The van der Waals surface area contributed by atoms with E-state index in [1.807, 2.05) is 34.6 Å². The van der Waals surface area contributed by atoms with Crippen LogP contribution in [0.4, 0.5) is 0 Å². The van der Waals surface area contributed by atoms with Gasteiger partial charge in [-0.25, -0.2) is 0 Å². The molecule has 0 aliphatic carbocycles. The lowest BCUT2D eigenvalue weighted by atomic mass is 9.78. The van der Waals surface area contributed by atoms with Crippen LogP contribution < -0.4 is 5.73 Å². The van der Waals surface area contributed by atoms with Gasteiger partial charge < -0.3 is 5.73 Å². The first-order chi connectivity index (χ1) is 7.58. The summed E-state index contributed by atoms with van der Waals surface area (Å²) in [6.07, 6.45) is 0.844. The van der Waals surface area contributed by atoms with Crippen molar-refractivity contribution in [3.63, 3.8) is 0 Å². The summed E-state index contributed by atoms with van der Waals surface area (Å²) in [5, 5.41) is 0. The summed E-state index contributed by atoms with van der Waals surface area (Å²) in [6.45, 7) is 10.2. The molecule has 1 rings (SSSR count). The molecular formula is C13H24N2O2. The van der Waals surface area contributed by atoms with Crippen molar-refractivity contribution in [2.24, 2.45) is 16.6 Å². The predicted molar refractivity (Wildman–Crippen MR) is 67.2 cm³/mol. The molecule has 4 nitrogen and oxygen atoms in total.